The fourth-order valence-electron chi connectivity index (χ4n) is 6.14. The van der Waals surface area contributed by atoms with Crippen molar-refractivity contribution in [1.82, 2.24) is 5.32 Å². The molecule has 0 fully saturated rings. The van der Waals surface area contributed by atoms with Gasteiger partial charge >= 0.3 is 0 Å². The zero-order chi connectivity index (χ0) is 21.1. The molecule has 5 aliphatic rings. The third kappa shape index (κ3) is 2.89. The van der Waals surface area contributed by atoms with Gasteiger partial charge in [-0.25, -0.2) is 0 Å². The highest BCUT2D eigenvalue weighted by Gasteiger charge is 2.32. The normalized spacial score (nSPS) is 28.0. The lowest BCUT2D eigenvalue weighted by Crippen LogP contribution is -2.24. The molecule has 1 N–H and O–H groups in total. The Kier molecular flexibility index (Phi) is 4.30. The van der Waals surface area contributed by atoms with Crippen LogP contribution in [-0.2, 0) is 0 Å². The Morgan fingerprint density at radius 2 is 1.84 bits per heavy atom. The number of rotatable bonds is 2. The van der Waals surface area contributed by atoms with E-state index in [4.69, 9.17) is 0 Å². The standard InChI is InChI=1S/C30H27NS/c1-3-13-27-23(9-1)26-18-20(15-16-28(26)31-27)19-7-5-8-21(17-19)22-11-6-12-25-24-10-2-4-14-29(24)32-30(22)25/h2-7,10,12-15,17-18,21-22,28,31H,1,8-9,11,16H2. The topological polar surface area (TPSA) is 12.0 Å². The van der Waals surface area contributed by atoms with Gasteiger partial charge in [0.15, 0.2) is 0 Å². The summed E-state index contributed by atoms with van der Waals surface area (Å²) in [6.07, 6.45) is 27.4. The molecular weight excluding hydrogens is 406 g/mol. The fraction of sp³-hybridized carbons (Fsp3) is 0.267. The average Bonchev–Trinajstić information content (AvgIpc) is 3.42. The van der Waals surface area contributed by atoms with Crippen LogP contribution in [0.25, 0.3) is 16.2 Å². The van der Waals surface area contributed by atoms with Crippen molar-refractivity contribution in [1.29, 1.82) is 0 Å². The van der Waals surface area contributed by atoms with E-state index < -0.39 is 0 Å². The molecule has 2 aromatic rings. The maximum absolute atomic E-state index is 3.74. The summed E-state index contributed by atoms with van der Waals surface area (Å²) in [7, 11) is 0. The predicted octanol–water partition coefficient (Wildman–Crippen LogP) is 7.74. The number of allylic oxidation sites excluding steroid dienone is 9. The van der Waals surface area contributed by atoms with E-state index in [0.717, 1.165) is 19.3 Å². The van der Waals surface area contributed by atoms with Crippen molar-refractivity contribution < 1.29 is 0 Å². The molecule has 4 aliphatic carbocycles. The molecule has 1 aromatic carbocycles. The molecule has 0 bridgehead atoms. The van der Waals surface area contributed by atoms with Crippen molar-refractivity contribution in [2.24, 2.45) is 5.92 Å². The number of hydrogen-bond acceptors (Lipinski definition) is 2. The molecule has 158 valence electrons. The number of benzene rings is 1. The maximum Gasteiger partial charge on any atom is 0.0552 e. The van der Waals surface area contributed by atoms with Gasteiger partial charge in [-0.05, 0) is 89.5 Å². The molecule has 32 heavy (non-hydrogen) atoms. The van der Waals surface area contributed by atoms with Crippen molar-refractivity contribution in [2.75, 3.05) is 0 Å². The van der Waals surface area contributed by atoms with Crippen LogP contribution in [-0.4, -0.2) is 6.04 Å². The summed E-state index contributed by atoms with van der Waals surface area (Å²) in [5, 5.41) is 5.16. The molecule has 1 nitrogen and oxygen atoms in total. The molecule has 2 heteroatoms. The van der Waals surface area contributed by atoms with E-state index in [0.29, 0.717) is 17.9 Å². The molecule has 1 aromatic heterocycles. The molecule has 2 heterocycles. The highest BCUT2D eigenvalue weighted by atomic mass is 32.1. The van der Waals surface area contributed by atoms with Crippen molar-refractivity contribution in [3.63, 3.8) is 0 Å². The van der Waals surface area contributed by atoms with E-state index in [9.17, 15) is 0 Å². The Morgan fingerprint density at radius 3 is 2.84 bits per heavy atom. The van der Waals surface area contributed by atoms with E-state index in [1.807, 2.05) is 11.3 Å². The lowest BCUT2D eigenvalue weighted by atomic mass is 9.77. The van der Waals surface area contributed by atoms with Crippen molar-refractivity contribution in [3.05, 3.63) is 111 Å². The van der Waals surface area contributed by atoms with Crippen molar-refractivity contribution >= 4 is 27.5 Å². The van der Waals surface area contributed by atoms with Gasteiger partial charge in [0.25, 0.3) is 0 Å². The molecular formula is C30H27NS. The molecule has 0 spiro atoms. The summed E-state index contributed by atoms with van der Waals surface area (Å²) in [6, 6.07) is 9.38. The Labute approximate surface area is 193 Å². The minimum Gasteiger partial charge on any atom is -0.378 e. The first-order valence-electron chi connectivity index (χ1n) is 12.0. The summed E-state index contributed by atoms with van der Waals surface area (Å²) in [6.45, 7) is 0. The summed E-state index contributed by atoms with van der Waals surface area (Å²) in [5.41, 5.74) is 8.75. The molecule has 0 saturated carbocycles. The monoisotopic (exact) mass is 433 g/mol. The van der Waals surface area contributed by atoms with Crippen LogP contribution in [0.4, 0.5) is 0 Å². The van der Waals surface area contributed by atoms with Gasteiger partial charge in [0.1, 0.15) is 0 Å². The molecule has 1 aliphatic heterocycles. The Morgan fingerprint density at radius 1 is 0.906 bits per heavy atom. The van der Waals surface area contributed by atoms with Crippen LogP contribution in [0.3, 0.4) is 0 Å². The van der Waals surface area contributed by atoms with Gasteiger partial charge < -0.3 is 5.32 Å². The molecule has 3 unspecified atom stereocenters. The van der Waals surface area contributed by atoms with Gasteiger partial charge in [-0.2, -0.15) is 0 Å². The highest BCUT2D eigenvalue weighted by Crippen LogP contribution is 2.47. The van der Waals surface area contributed by atoms with E-state index in [1.54, 1.807) is 10.5 Å². The summed E-state index contributed by atoms with van der Waals surface area (Å²) >= 11 is 2.01. The first kappa shape index (κ1) is 18.7. The van der Waals surface area contributed by atoms with E-state index in [-0.39, 0.29) is 0 Å². The molecule has 7 rings (SSSR count). The highest BCUT2D eigenvalue weighted by molar-refractivity contribution is 7.19. The summed E-state index contributed by atoms with van der Waals surface area (Å²) in [4.78, 5) is 1.59. The van der Waals surface area contributed by atoms with Gasteiger partial charge in [-0.1, -0.05) is 60.7 Å². The van der Waals surface area contributed by atoms with Gasteiger partial charge in [-0.15, -0.1) is 11.3 Å². The first-order valence-corrected chi connectivity index (χ1v) is 12.8. The second-order valence-electron chi connectivity index (χ2n) is 9.57. The average molecular weight is 434 g/mol. The smallest absolute Gasteiger partial charge is 0.0552 e. The van der Waals surface area contributed by atoms with Crippen LogP contribution < -0.4 is 5.32 Å². The van der Waals surface area contributed by atoms with Gasteiger partial charge in [0, 0.05) is 21.2 Å². The largest absolute Gasteiger partial charge is 0.378 e. The van der Waals surface area contributed by atoms with Crippen LogP contribution in [0.2, 0.25) is 0 Å². The van der Waals surface area contributed by atoms with E-state index in [2.05, 4.69) is 84.3 Å². The zero-order valence-electron chi connectivity index (χ0n) is 18.2. The van der Waals surface area contributed by atoms with Crippen LogP contribution in [0, 0.1) is 5.92 Å². The van der Waals surface area contributed by atoms with Gasteiger partial charge in [0.2, 0.25) is 0 Å². The number of nitrogens with one attached hydrogen (secondary N) is 1. The quantitative estimate of drug-likeness (QED) is 0.511. The summed E-state index contributed by atoms with van der Waals surface area (Å²) in [5.74, 6) is 1.15. The minimum absolute atomic E-state index is 0.472. The Hall–Kier alpha value is -2.84. The minimum atomic E-state index is 0.472. The molecule has 3 atom stereocenters. The first-order chi connectivity index (χ1) is 15.8. The number of thiophene rings is 1. The van der Waals surface area contributed by atoms with Crippen molar-refractivity contribution in [3.8, 4) is 0 Å². The second kappa shape index (κ2) is 7.35. The maximum atomic E-state index is 3.74. The van der Waals surface area contributed by atoms with Crippen LogP contribution >= 0.6 is 11.3 Å². The van der Waals surface area contributed by atoms with Crippen LogP contribution in [0.1, 0.15) is 48.5 Å². The number of hydrogen-bond donors (Lipinski definition) is 1. The third-order valence-electron chi connectivity index (χ3n) is 7.73. The lowest BCUT2D eigenvalue weighted by molar-refractivity contribution is 0.514. The second-order valence-corrected chi connectivity index (χ2v) is 10.7. The van der Waals surface area contributed by atoms with Crippen molar-refractivity contribution in [2.45, 2.75) is 44.1 Å². The Bertz CT molecular complexity index is 1340. The fourth-order valence-corrected chi connectivity index (χ4v) is 7.52. The number of fused-ring (bicyclic) bond motifs is 5. The molecule has 0 saturated heterocycles. The van der Waals surface area contributed by atoms with Gasteiger partial charge in [-0.3, -0.25) is 0 Å². The van der Waals surface area contributed by atoms with E-state index in [1.165, 1.54) is 50.9 Å². The molecule has 0 radical (unpaired) electrons. The van der Waals surface area contributed by atoms with Crippen LogP contribution in [0.15, 0.2) is 101 Å². The Balaban J connectivity index is 1.23. The third-order valence-corrected chi connectivity index (χ3v) is 9.05. The predicted molar refractivity (Wildman–Crippen MR) is 137 cm³/mol. The summed E-state index contributed by atoms with van der Waals surface area (Å²) < 4.78 is 1.43. The SMILES string of the molecule is C1=CC2=C(CC1)C1=CC(C3=CC(C4CC=Cc5c4sc4ccccc54)CC=C3)=CCC1N2. The lowest BCUT2D eigenvalue weighted by Gasteiger charge is -2.29. The van der Waals surface area contributed by atoms with Gasteiger partial charge in [0.05, 0.1) is 6.04 Å². The zero-order valence-corrected chi connectivity index (χ0v) is 19.0. The molecule has 0 amide bonds. The van der Waals surface area contributed by atoms with E-state index >= 15 is 0 Å². The van der Waals surface area contributed by atoms with Crippen LogP contribution in [0.5, 0.6) is 0 Å².